The van der Waals surface area contributed by atoms with E-state index in [4.69, 9.17) is 13.9 Å². The van der Waals surface area contributed by atoms with Gasteiger partial charge in [-0.2, -0.15) is 0 Å². The SMILES string of the molecule is COc1c(O)c(OC)c2oc(-c3ccccc3)c(O)c(=O)c2c1O. The third-order valence-corrected chi connectivity index (χ3v) is 3.62. The Balaban J connectivity index is 2.51. The van der Waals surface area contributed by atoms with Crippen LogP contribution in [-0.4, -0.2) is 29.5 Å². The molecule has 0 saturated heterocycles. The van der Waals surface area contributed by atoms with Crippen molar-refractivity contribution in [3.05, 3.63) is 40.6 Å². The van der Waals surface area contributed by atoms with Gasteiger partial charge in [-0.3, -0.25) is 4.79 Å². The summed E-state index contributed by atoms with van der Waals surface area (Å²) in [5.41, 5.74) is -0.620. The molecular formula is C17H14O7. The lowest BCUT2D eigenvalue weighted by molar-refractivity contribution is 0.323. The van der Waals surface area contributed by atoms with E-state index in [1.54, 1.807) is 30.3 Å². The summed E-state index contributed by atoms with van der Waals surface area (Å²) in [7, 11) is 2.47. The van der Waals surface area contributed by atoms with Crippen LogP contribution in [0.4, 0.5) is 0 Å². The van der Waals surface area contributed by atoms with Crippen molar-refractivity contribution in [2.75, 3.05) is 14.2 Å². The summed E-state index contributed by atoms with van der Waals surface area (Å²) in [6.45, 7) is 0. The van der Waals surface area contributed by atoms with E-state index in [0.717, 1.165) is 0 Å². The third-order valence-electron chi connectivity index (χ3n) is 3.62. The molecule has 124 valence electrons. The van der Waals surface area contributed by atoms with E-state index in [0.29, 0.717) is 5.56 Å². The van der Waals surface area contributed by atoms with Crippen LogP contribution in [0, 0.1) is 0 Å². The van der Waals surface area contributed by atoms with Crippen molar-refractivity contribution >= 4 is 11.0 Å². The molecule has 0 saturated carbocycles. The van der Waals surface area contributed by atoms with Gasteiger partial charge in [-0.1, -0.05) is 30.3 Å². The van der Waals surface area contributed by atoms with Gasteiger partial charge in [-0.15, -0.1) is 0 Å². The van der Waals surface area contributed by atoms with Crippen molar-refractivity contribution in [1.82, 2.24) is 0 Å². The summed E-state index contributed by atoms with van der Waals surface area (Å²) in [4.78, 5) is 12.5. The molecular weight excluding hydrogens is 316 g/mol. The highest BCUT2D eigenvalue weighted by Gasteiger charge is 2.27. The first kappa shape index (κ1) is 15.5. The predicted octanol–water partition coefficient (Wildman–Crippen LogP) is 2.59. The summed E-state index contributed by atoms with van der Waals surface area (Å²) < 4.78 is 15.6. The zero-order valence-corrected chi connectivity index (χ0v) is 12.9. The number of fused-ring (bicyclic) bond motifs is 1. The molecule has 0 amide bonds. The van der Waals surface area contributed by atoms with E-state index >= 15 is 0 Å². The number of phenolic OH excluding ortho intramolecular Hbond substituents is 2. The Morgan fingerprint density at radius 1 is 0.875 bits per heavy atom. The second kappa shape index (κ2) is 5.69. The van der Waals surface area contributed by atoms with Gasteiger partial charge in [0, 0.05) is 5.56 Å². The van der Waals surface area contributed by atoms with Crippen molar-refractivity contribution in [2.45, 2.75) is 0 Å². The number of hydrogen-bond acceptors (Lipinski definition) is 7. The van der Waals surface area contributed by atoms with Crippen LogP contribution in [0.15, 0.2) is 39.5 Å². The molecule has 3 N–H and O–H groups in total. The topological polar surface area (TPSA) is 109 Å². The fraction of sp³-hybridized carbons (Fsp3) is 0.118. The van der Waals surface area contributed by atoms with Crippen LogP contribution in [0.3, 0.4) is 0 Å². The van der Waals surface area contributed by atoms with Gasteiger partial charge in [-0.25, -0.2) is 0 Å². The highest BCUT2D eigenvalue weighted by atomic mass is 16.5. The van der Waals surface area contributed by atoms with Crippen LogP contribution < -0.4 is 14.9 Å². The summed E-state index contributed by atoms with van der Waals surface area (Å²) in [6, 6.07) is 8.46. The van der Waals surface area contributed by atoms with Gasteiger partial charge >= 0.3 is 0 Å². The Morgan fingerprint density at radius 2 is 1.50 bits per heavy atom. The molecule has 0 unspecified atom stereocenters. The maximum atomic E-state index is 12.5. The Bertz CT molecular complexity index is 974. The number of hydrogen-bond donors (Lipinski definition) is 3. The molecule has 3 aromatic rings. The van der Waals surface area contributed by atoms with Crippen molar-refractivity contribution in [1.29, 1.82) is 0 Å². The molecule has 3 rings (SSSR count). The number of benzene rings is 2. The maximum absolute atomic E-state index is 12.5. The van der Waals surface area contributed by atoms with Crippen molar-refractivity contribution in [2.24, 2.45) is 0 Å². The van der Waals surface area contributed by atoms with Gasteiger partial charge in [0.15, 0.2) is 17.1 Å². The molecule has 24 heavy (non-hydrogen) atoms. The minimum atomic E-state index is -0.871. The van der Waals surface area contributed by atoms with Gasteiger partial charge in [-0.05, 0) is 0 Å². The number of ether oxygens (including phenoxy) is 2. The second-order valence-electron chi connectivity index (χ2n) is 4.94. The van der Waals surface area contributed by atoms with E-state index in [1.165, 1.54) is 14.2 Å². The molecule has 7 heteroatoms. The predicted molar refractivity (Wildman–Crippen MR) is 86.0 cm³/mol. The average molecular weight is 330 g/mol. The molecule has 1 heterocycles. The fourth-order valence-corrected chi connectivity index (χ4v) is 2.51. The lowest BCUT2D eigenvalue weighted by Gasteiger charge is -2.14. The van der Waals surface area contributed by atoms with Crippen LogP contribution in [0.1, 0.15) is 0 Å². The molecule has 0 aliphatic heterocycles. The molecule has 1 aromatic heterocycles. The van der Waals surface area contributed by atoms with Gasteiger partial charge < -0.3 is 29.2 Å². The monoisotopic (exact) mass is 330 g/mol. The normalized spacial score (nSPS) is 10.8. The average Bonchev–Trinajstić information content (AvgIpc) is 2.59. The van der Waals surface area contributed by atoms with Gasteiger partial charge in [0.1, 0.15) is 5.39 Å². The summed E-state index contributed by atoms with van der Waals surface area (Å²) in [5, 5.41) is 30.2. The Labute approximate surface area is 135 Å². The van der Waals surface area contributed by atoms with Gasteiger partial charge in [0.25, 0.3) is 0 Å². The number of phenols is 2. The smallest absolute Gasteiger partial charge is 0.239 e. The van der Waals surface area contributed by atoms with Crippen molar-refractivity contribution < 1.29 is 29.2 Å². The summed E-state index contributed by atoms with van der Waals surface area (Å²) in [6.07, 6.45) is 0. The van der Waals surface area contributed by atoms with Crippen LogP contribution >= 0.6 is 0 Å². The lowest BCUT2D eigenvalue weighted by atomic mass is 10.1. The van der Waals surface area contributed by atoms with Gasteiger partial charge in [0.2, 0.25) is 28.4 Å². The molecule has 0 aliphatic rings. The molecule has 0 fully saturated rings. The lowest BCUT2D eigenvalue weighted by Crippen LogP contribution is -2.05. The van der Waals surface area contributed by atoms with Crippen LogP contribution in [-0.2, 0) is 0 Å². The Hall–Kier alpha value is -3.35. The molecule has 7 nitrogen and oxygen atoms in total. The number of aromatic hydroxyl groups is 3. The van der Waals surface area contributed by atoms with Gasteiger partial charge in [0.05, 0.1) is 14.2 Å². The standard InChI is InChI=1S/C17H14O7/c1-22-16-11(19)9-10(18)12(20)14(8-6-4-3-5-7-8)24-15(9)17(23-2)13(16)21/h3-7,19-21H,1-2H3. The first-order valence-electron chi connectivity index (χ1n) is 6.92. The molecule has 2 aromatic carbocycles. The summed E-state index contributed by atoms with van der Waals surface area (Å²) in [5.74, 6) is -2.46. The number of rotatable bonds is 3. The van der Waals surface area contributed by atoms with Crippen molar-refractivity contribution in [3.8, 4) is 40.1 Å². The van der Waals surface area contributed by atoms with E-state index in [9.17, 15) is 20.1 Å². The first-order chi connectivity index (χ1) is 11.5. The van der Waals surface area contributed by atoms with E-state index < -0.39 is 22.7 Å². The fourth-order valence-electron chi connectivity index (χ4n) is 2.51. The molecule has 0 radical (unpaired) electrons. The highest BCUT2D eigenvalue weighted by molar-refractivity contribution is 5.96. The van der Waals surface area contributed by atoms with Crippen molar-refractivity contribution in [3.63, 3.8) is 0 Å². The van der Waals surface area contributed by atoms with Crippen LogP contribution in [0.5, 0.6) is 28.7 Å². The Kier molecular flexibility index (Phi) is 3.69. The zero-order valence-electron chi connectivity index (χ0n) is 12.9. The number of methoxy groups -OCH3 is 2. The largest absolute Gasteiger partial charge is 0.504 e. The minimum Gasteiger partial charge on any atom is -0.504 e. The third kappa shape index (κ3) is 2.10. The minimum absolute atomic E-state index is 0.102. The van der Waals surface area contributed by atoms with E-state index in [2.05, 4.69) is 0 Å². The second-order valence-corrected chi connectivity index (χ2v) is 4.94. The molecule has 0 bridgehead atoms. The molecule has 0 atom stereocenters. The highest BCUT2D eigenvalue weighted by Crippen LogP contribution is 2.50. The Morgan fingerprint density at radius 3 is 2.08 bits per heavy atom. The molecule has 0 spiro atoms. The summed E-state index contributed by atoms with van der Waals surface area (Å²) >= 11 is 0. The van der Waals surface area contributed by atoms with Crippen LogP contribution in [0.25, 0.3) is 22.3 Å². The molecule has 0 aliphatic carbocycles. The van der Waals surface area contributed by atoms with E-state index in [-0.39, 0.29) is 28.2 Å². The maximum Gasteiger partial charge on any atom is 0.239 e. The van der Waals surface area contributed by atoms with E-state index in [1.807, 2.05) is 0 Å². The van der Waals surface area contributed by atoms with Crippen LogP contribution in [0.2, 0.25) is 0 Å². The first-order valence-corrected chi connectivity index (χ1v) is 6.92. The quantitative estimate of drug-likeness (QED) is 0.677. The zero-order chi connectivity index (χ0) is 17.4.